The van der Waals surface area contributed by atoms with Gasteiger partial charge >= 0.3 is 0 Å². The van der Waals surface area contributed by atoms with E-state index in [0.717, 1.165) is 5.56 Å². The maximum absolute atomic E-state index is 10.8. The second-order valence-corrected chi connectivity index (χ2v) is 3.85. The zero-order chi connectivity index (χ0) is 12.1. The van der Waals surface area contributed by atoms with Gasteiger partial charge in [-0.3, -0.25) is 4.98 Å². The number of pyridine rings is 1. The molecule has 1 unspecified atom stereocenters. The summed E-state index contributed by atoms with van der Waals surface area (Å²) in [5.41, 5.74) is 0.333. The van der Waals surface area contributed by atoms with Crippen molar-refractivity contribution >= 4 is 0 Å². The number of hydrogen-bond donors (Lipinski definition) is 1. The van der Waals surface area contributed by atoms with Gasteiger partial charge in [0.05, 0.1) is 0 Å². The van der Waals surface area contributed by atoms with Gasteiger partial charge in [0.15, 0.2) is 0 Å². The van der Waals surface area contributed by atoms with E-state index >= 15 is 0 Å². The van der Waals surface area contributed by atoms with Gasteiger partial charge in [0.25, 0.3) is 0 Å². The molecule has 1 aromatic heterocycles. The van der Waals surface area contributed by atoms with Crippen LogP contribution in [-0.4, -0.2) is 10.1 Å². The Kier molecular flexibility index (Phi) is 3.22. The molecular weight excluding hydrogens is 210 g/mol. The third-order valence-electron chi connectivity index (χ3n) is 2.75. The zero-order valence-electron chi connectivity index (χ0n) is 9.38. The van der Waals surface area contributed by atoms with Crippen LogP contribution in [0.4, 0.5) is 0 Å². The van der Waals surface area contributed by atoms with Crippen LogP contribution in [0.1, 0.15) is 17.5 Å². The molecule has 0 saturated carbocycles. The van der Waals surface area contributed by atoms with Gasteiger partial charge in [-0.05, 0) is 11.6 Å². The molecule has 1 atom stereocenters. The Bertz CT molecular complexity index is 474. The second kappa shape index (κ2) is 4.82. The molecular formula is C15H13NO. The molecule has 84 valence electrons. The van der Waals surface area contributed by atoms with Crippen molar-refractivity contribution in [2.75, 3.05) is 0 Å². The van der Waals surface area contributed by atoms with Gasteiger partial charge in [-0.1, -0.05) is 36.4 Å². The van der Waals surface area contributed by atoms with Crippen LogP contribution in [0.25, 0.3) is 0 Å². The van der Waals surface area contributed by atoms with Crippen LogP contribution in [0.3, 0.4) is 0 Å². The summed E-state index contributed by atoms with van der Waals surface area (Å²) in [6.45, 7) is 0. The molecule has 1 aromatic carbocycles. The first kappa shape index (κ1) is 11.4. The van der Waals surface area contributed by atoms with E-state index in [1.54, 1.807) is 18.5 Å². The summed E-state index contributed by atoms with van der Waals surface area (Å²) >= 11 is 0. The molecule has 17 heavy (non-hydrogen) atoms. The number of rotatable bonds is 3. The predicted molar refractivity (Wildman–Crippen MR) is 67.1 cm³/mol. The summed E-state index contributed by atoms with van der Waals surface area (Å²) in [4.78, 5) is 4.03. The SMILES string of the molecule is C#CCC(O)(c1ccccc1)c1cccnc1. The van der Waals surface area contributed by atoms with E-state index in [2.05, 4.69) is 10.9 Å². The molecule has 0 fully saturated rings. The van der Waals surface area contributed by atoms with Crippen molar-refractivity contribution < 1.29 is 5.11 Å². The number of aliphatic hydroxyl groups is 1. The predicted octanol–water partition coefficient (Wildman–Crippen LogP) is 2.34. The van der Waals surface area contributed by atoms with Gasteiger partial charge in [0.1, 0.15) is 5.60 Å². The van der Waals surface area contributed by atoms with Crippen LogP contribution < -0.4 is 0 Å². The zero-order valence-corrected chi connectivity index (χ0v) is 9.38. The van der Waals surface area contributed by atoms with Gasteiger partial charge < -0.3 is 5.11 Å². The lowest BCUT2D eigenvalue weighted by Gasteiger charge is -2.26. The van der Waals surface area contributed by atoms with Crippen LogP contribution in [0.15, 0.2) is 54.9 Å². The molecule has 0 spiro atoms. The van der Waals surface area contributed by atoms with Crippen molar-refractivity contribution in [1.29, 1.82) is 0 Å². The van der Waals surface area contributed by atoms with Crippen LogP contribution in [0.5, 0.6) is 0 Å². The Morgan fingerprint density at radius 2 is 1.82 bits per heavy atom. The Balaban J connectivity index is 2.52. The average Bonchev–Trinajstić information content (AvgIpc) is 2.41. The fourth-order valence-corrected chi connectivity index (χ4v) is 1.84. The molecule has 0 aliphatic rings. The van der Waals surface area contributed by atoms with Crippen LogP contribution in [-0.2, 0) is 5.60 Å². The van der Waals surface area contributed by atoms with E-state index < -0.39 is 5.60 Å². The number of benzene rings is 1. The highest BCUT2D eigenvalue weighted by atomic mass is 16.3. The summed E-state index contributed by atoms with van der Waals surface area (Å²) < 4.78 is 0. The molecule has 1 heterocycles. The monoisotopic (exact) mass is 223 g/mol. The average molecular weight is 223 g/mol. The van der Waals surface area contributed by atoms with Crippen LogP contribution in [0.2, 0.25) is 0 Å². The van der Waals surface area contributed by atoms with Gasteiger partial charge in [-0.25, -0.2) is 0 Å². The number of terminal acetylenes is 1. The van der Waals surface area contributed by atoms with Crippen molar-refractivity contribution in [1.82, 2.24) is 4.98 Å². The Morgan fingerprint density at radius 1 is 1.12 bits per heavy atom. The van der Waals surface area contributed by atoms with Crippen molar-refractivity contribution in [2.45, 2.75) is 12.0 Å². The summed E-state index contributed by atoms with van der Waals surface area (Å²) in [7, 11) is 0. The minimum absolute atomic E-state index is 0.225. The maximum Gasteiger partial charge on any atom is 0.127 e. The minimum Gasteiger partial charge on any atom is -0.379 e. The van der Waals surface area contributed by atoms with E-state index in [1.807, 2.05) is 36.4 Å². The third kappa shape index (κ3) is 2.20. The molecule has 0 aliphatic heterocycles. The summed E-state index contributed by atoms with van der Waals surface area (Å²) in [5, 5.41) is 10.8. The quantitative estimate of drug-likeness (QED) is 0.810. The van der Waals surface area contributed by atoms with E-state index in [4.69, 9.17) is 6.42 Å². The van der Waals surface area contributed by atoms with E-state index in [9.17, 15) is 5.11 Å². The lowest BCUT2D eigenvalue weighted by Crippen LogP contribution is -2.26. The molecule has 1 N–H and O–H groups in total. The van der Waals surface area contributed by atoms with E-state index in [1.165, 1.54) is 0 Å². The minimum atomic E-state index is -1.16. The molecule has 0 bridgehead atoms. The van der Waals surface area contributed by atoms with E-state index in [0.29, 0.717) is 5.56 Å². The smallest absolute Gasteiger partial charge is 0.127 e. The fourth-order valence-electron chi connectivity index (χ4n) is 1.84. The van der Waals surface area contributed by atoms with Gasteiger partial charge in [-0.2, -0.15) is 0 Å². The first-order valence-corrected chi connectivity index (χ1v) is 5.39. The number of aromatic nitrogens is 1. The Labute approximate surface area is 101 Å². The lowest BCUT2D eigenvalue weighted by atomic mass is 9.85. The molecule has 2 rings (SSSR count). The number of nitrogens with zero attached hydrogens (tertiary/aromatic N) is 1. The third-order valence-corrected chi connectivity index (χ3v) is 2.75. The molecule has 0 amide bonds. The topological polar surface area (TPSA) is 33.1 Å². The molecule has 2 nitrogen and oxygen atoms in total. The van der Waals surface area contributed by atoms with E-state index in [-0.39, 0.29) is 6.42 Å². The summed E-state index contributed by atoms with van der Waals surface area (Å²) in [6, 6.07) is 13.0. The first-order valence-electron chi connectivity index (χ1n) is 5.39. The second-order valence-electron chi connectivity index (χ2n) is 3.85. The van der Waals surface area contributed by atoms with Crippen molar-refractivity contribution in [3.8, 4) is 12.3 Å². The normalized spacial score (nSPS) is 13.6. The standard InChI is InChI=1S/C15H13NO/c1-2-10-15(17,13-7-4-3-5-8-13)14-9-6-11-16-12-14/h1,3-9,11-12,17H,10H2. The van der Waals surface area contributed by atoms with Gasteiger partial charge in [-0.15, -0.1) is 12.3 Å². The van der Waals surface area contributed by atoms with Crippen molar-refractivity contribution in [3.63, 3.8) is 0 Å². The highest BCUT2D eigenvalue weighted by Gasteiger charge is 2.30. The Hall–Kier alpha value is -2.11. The summed E-state index contributed by atoms with van der Waals surface area (Å²) in [6.07, 6.45) is 8.90. The molecule has 2 aromatic rings. The molecule has 0 radical (unpaired) electrons. The first-order chi connectivity index (χ1) is 8.27. The molecule has 0 saturated heterocycles. The molecule has 0 aliphatic carbocycles. The Morgan fingerprint density at radius 3 is 2.41 bits per heavy atom. The number of hydrogen-bond acceptors (Lipinski definition) is 2. The molecule has 2 heteroatoms. The van der Waals surface area contributed by atoms with Crippen molar-refractivity contribution in [2.24, 2.45) is 0 Å². The largest absolute Gasteiger partial charge is 0.379 e. The fraction of sp³-hybridized carbons (Fsp3) is 0.133. The highest BCUT2D eigenvalue weighted by Crippen LogP contribution is 2.31. The highest BCUT2D eigenvalue weighted by molar-refractivity contribution is 5.35. The van der Waals surface area contributed by atoms with Crippen LogP contribution >= 0.6 is 0 Å². The van der Waals surface area contributed by atoms with Gasteiger partial charge in [0.2, 0.25) is 0 Å². The van der Waals surface area contributed by atoms with Crippen LogP contribution in [0, 0.1) is 12.3 Å². The lowest BCUT2D eigenvalue weighted by molar-refractivity contribution is 0.0862. The maximum atomic E-state index is 10.8. The summed E-state index contributed by atoms with van der Waals surface area (Å²) in [5.74, 6) is 2.53. The van der Waals surface area contributed by atoms with Crippen molar-refractivity contribution in [3.05, 3.63) is 66.0 Å². The van der Waals surface area contributed by atoms with Gasteiger partial charge in [0, 0.05) is 24.4 Å².